The zero-order valence-corrected chi connectivity index (χ0v) is 9.78. The molecule has 0 saturated heterocycles. The number of aromatic nitrogens is 3. The van der Waals surface area contributed by atoms with Crippen molar-refractivity contribution in [3.05, 3.63) is 34.5 Å². The van der Waals surface area contributed by atoms with Gasteiger partial charge in [-0.15, -0.1) is 0 Å². The van der Waals surface area contributed by atoms with Crippen molar-refractivity contribution < 1.29 is 0 Å². The van der Waals surface area contributed by atoms with Crippen LogP contribution in [-0.4, -0.2) is 20.8 Å². The van der Waals surface area contributed by atoms with Gasteiger partial charge < -0.3 is 5.32 Å². The van der Waals surface area contributed by atoms with Gasteiger partial charge in [0.2, 0.25) is 0 Å². The van der Waals surface area contributed by atoms with Gasteiger partial charge >= 0.3 is 0 Å². The molecule has 0 radical (unpaired) electrons. The highest BCUT2D eigenvalue weighted by molar-refractivity contribution is 7.07. The molecule has 2 aromatic heterocycles. The van der Waals surface area contributed by atoms with Crippen molar-refractivity contribution in [3.8, 4) is 0 Å². The fraction of sp³-hybridized carbons (Fsp3) is 0.455. The van der Waals surface area contributed by atoms with Gasteiger partial charge in [-0.2, -0.15) is 16.4 Å². The maximum Gasteiger partial charge on any atom is 0.164 e. The Labute approximate surface area is 98.3 Å². The number of nitrogens with zero attached hydrogens (tertiary/aromatic N) is 3. The summed E-state index contributed by atoms with van der Waals surface area (Å²) in [7, 11) is 0. The molecule has 84 valence electrons. The van der Waals surface area contributed by atoms with Crippen molar-refractivity contribution in [1.29, 1.82) is 0 Å². The summed E-state index contributed by atoms with van der Waals surface area (Å²) in [5.41, 5.74) is 1.29. The van der Waals surface area contributed by atoms with Gasteiger partial charge in [0.15, 0.2) is 5.82 Å². The van der Waals surface area contributed by atoms with Crippen LogP contribution < -0.4 is 5.32 Å². The van der Waals surface area contributed by atoms with Crippen LogP contribution in [0.4, 0.5) is 0 Å². The number of thiophene rings is 1. The Bertz CT molecular complexity index is 444. The summed E-state index contributed by atoms with van der Waals surface area (Å²) in [6.07, 6.45) is 4.41. The van der Waals surface area contributed by atoms with Crippen LogP contribution >= 0.6 is 11.3 Å². The highest BCUT2D eigenvalue weighted by Crippen LogP contribution is 2.18. The second kappa shape index (κ2) is 4.35. The van der Waals surface area contributed by atoms with E-state index in [1.807, 2.05) is 11.0 Å². The first-order chi connectivity index (χ1) is 7.90. The van der Waals surface area contributed by atoms with E-state index in [1.165, 1.54) is 18.4 Å². The van der Waals surface area contributed by atoms with Gasteiger partial charge in [-0.05, 0) is 35.2 Å². The maximum absolute atomic E-state index is 4.43. The van der Waals surface area contributed by atoms with E-state index < -0.39 is 0 Å². The Balaban J connectivity index is 1.58. The highest BCUT2D eigenvalue weighted by atomic mass is 32.1. The molecule has 1 N–H and O–H groups in total. The summed E-state index contributed by atoms with van der Waals surface area (Å²) in [6, 6.07) is 2.83. The minimum atomic E-state index is 0.712. The standard InChI is InChI=1S/C11H14N4S/c1-2-10(1)12-5-11-13-8-15(14-11)6-9-3-4-16-7-9/h3-4,7-8,10,12H,1-2,5-6H2. The monoisotopic (exact) mass is 234 g/mol. The molecular formula is C11H14N4S. The molecule has 4 nitrogen and oxygen atoms in total. The van der Waals surface area contributed by atoms with Gasteiger partial charge in [0, 0.05) is 6.04 Å². The molecule has 0 bridgehead atoms. The summed E-state index contributed by atoms with van der Waals surface area (Å²) in [5, 5.41) is 12.1. The SMILES string of the molecule is c1cc(Cn2cnc(CNC3CC3)n2)cs1. The Morgan fingerprint density at radius 3 is 3.19 bits per heavy atom. The lowest BCUT2D eigenvalue weighted by Gasteiger charge is -1.98. The Kier molecular flexibility index (Phi) is 2.71. The first-order valence-electron chi connectivity index (χ1n) is 5.53. The second-order valence-electron chi connectivity index (χ2n) is 4.15. The molecule has 5 heteroatoms. The average molecular weight is 234 g/mol. The second-order valence-corrected chi connectivity index (χ2v) is 4.93. The average Bonchev–Trinajstić information content (AvgIpc) is 2.78. The topological polar surface area (TPSA) is 42.7 Å². The third-order valence-corrected chi connectivity index (χ3v) is 3.37. The van der Waals surface area contributed by atoms with E-state index in [4.69, 9.17) is 0 Å². The van der Waals surface area contributed by atoms with E-state index in [2.05, 4.69) is 32.2 Å². The van der Waals surface area contributed by atoms with Crippen LogP contribution in [-0.2, 0) is 13.1 Å². The molecule has 0 unspecified atom stereocenters. The van der Waals surface area contributed by atoms with E-state index in [-0.39, 0.29) is 0 Å². The fourth-order valence-electron chi connectivity index (χ4n) is 1.58. The first-order valence-corrected chi connectivity index (χ1v) is 6.47. The molecule has 3 rings (SSSR count). The fourth-order valence-corrected chi connectivity index (χ4v) is 2.24. The van der Waals surface area contributed by atoms with Gasteiger partial charge in [0.1, 0.15) is 6.33 Å². The third kappa shape index (κ3) is 2.48. The summed E-state index contributed by atoms with van der Waals surface area (Å²) >= 11 is 1.71. The molecule has 1 aliphatic rings. The molecule has 1 aliphatic carbocycles. The Hall–Kier alpha value is -1.20. The lowest BCUT2D eigenvalue weighted by Crippen LogP contribution is -2.16. The molecule has 2 heterocycles. The molecule has 0 spiro atoms. The molecular weight excluding hydrogens is 220 g/mol. The molecule has 0 amide bonds. The molecule has 16 heavy (non-hydrogen) atoms. The van der Waals surface area contributed by atoms with Gasteiger partial charge in [-0.1, -0.05) is 0 Å². The van der Waals surface area contributed by atoms with E-state index in [9.17, 15) is 0 Å². The van der Waals surface area contributed by atoms with Crippen molar-refractivity contribution in [2.24, 2.45) is 0 Å². The Morgan fingerprint density at radius 1 is 1.50 bits per heavy atom. The van der Waals surface area contributed by atoms with Gasteiger partial charge in [-0.25, -0.2) is 9.67 Å². The lowest BCUT2D eigenvalue weighted by molar-refractivity contribution is 0.628. The van der Waals surface area contributed by atoms with Crippen LogP contribution in [0.1, 0.15) is 24.2 Å². The number of hydrogen-bond acceptors (Lipinski definition) is 4. The maximum atomic E-state index is 4.43. The largest absolute Gasteiger partial charge is 0.307 e. The van der Waals surface area contributed by atoms with Crippen LogP contribution in [0.25, 0.3) is 0 Å². The first kappa shape index (κ1) is 9.99. The number of rotatable bonds is 5. The molecule has 0 aromatic carbocycles. The summed E-state index contributed by atoms with van der Waals surface area (Å²) in [6.45, 7) is 1.61. The number of hydrogen-bond donors (Lipinski definition) is 1. The predicted molar refractivity (Wildman–Crippen MR) is 63.3 cm³/mol. The van der Waals surface area contributed by atoms with E-state index in [0.717, 1.165) is 18.9 Å². The van der Waals surface area contributed by atoms with E-state index in [0.29, 0.717) is 6.04 Å². The lowest BCUT2D eigenvalue weighted by atomic mass is 10.3. The van der Waals surface area contributed by atoms with Gasteiger partial charge in [-0.3, -0.25) is 0 Å². The van der Waals surface area contributed by atoms with Gasteiger partial charge in [0.25, 0.3) is 0 Å². The predicted octanol–water partition coefficient (Wildman–Crippen LogP) is 1.64. The zero-order chi connectivity index (χ0) is 10.8. The van der Waals surface area contributed by atoms with Gasteiger partial charge in [0.05, 0.1) is 13.1 Å². The van der Waals surface area contributed by atoms with Crippen LogP contribution in [0.5, 0.6) is 0 Å². The molecule has 2 aromatic rings. The highest BCUT2D eigenvalue weighted by Gasteiger charge is 2.20. The zero-order valence-electron chi connectivity index (χ0n) is 8.97. The minimum Gasteiger partial charge on any atom is -0.307 e. The van der Waals surface area contributed by atoms with E-state index in [1.54, 1.807) is 11.3 Å². The van der Waals surface area contributed by atoms with Crippen LogP contribution in [0.15, 0.2) is 23.2 Å². The van der Waals surface area contributed by atoms with Crippen LogP contribution in [0, 0.1) is 0 Å². The van der Waals surface area contributed by atoms with Crippen molar-refractivity contribution in [2.45, 2.75) is 32.0 Å². The normalized spacial score (nSPS) is 15.5. The minimum absolute atomic E-state index is 0.712. The van der Waals surface area contributed by atoms with Crippen molar-refractivity contribution in [2.75, 3.05) is 0 Å². The molecule has 0 atom stereocenters. The Morgan fingerprint density at radius 2 is 2.44 bits per heavy atom. The third-order valence-electron chi connectivity index (χ3n) is 2.63. The smallest absolute Gasteiger partial charge is 0.164 e. The van der Waals surface area contributed by atoms with Crippen LogP contribution in [0.3, 0.4) is 0 Å². The van der Waals surface area contributed by atoms with Crippen molar-refractivity contribution in [1.82, 2.24) is 20.1 Å². The molecule has 1 saturated carbocycles. The van der Waals surface area contributed by atoms with Crippen molar-refractivity contribution in [3.63, 3.8) is 0 Å². The summed E-state index contributed by atoms with van der Waals surface area (Å²) in [5.74, 6) is 0.891. The summed E-state index contributed by atoms with van der Waals surface area (Å²) in [4.78, 5) is 4.29. The molecule has 1 fully saturated rings. The number of nitrogens with one attached hydrogen (secondary N) is 1. The van der Waals surface area contributed by atoms with Crippen LogP contribution in [0.2, 0.25) is 0 Å². The van der Waals surface area contributed by atoms with E-state index >= 15 is 0 Å². The van der Waals surface area contributed by atoms with Crippen molar-refractivity contribution >= 4 is 11.3 Å². The quantitative estimate of drug-likeness (QED) is 0.855. The molecule has 0 aliphatic heterocycles. The summed E-state index contributed by atoms with van der Waals surface area (Å²) < 4.78 is 1.89.